The minimum Gasteiger partial charge on any atom is -0.357 e. The van der Waals surface area contributed by atoms with E-state index in [1.807, 2.05) is 24.3 Å². The predicted molar refractivity (Wildman–Crippen MR) is 80.0 cm³/mol. The summed E-state index contributed by atoms with van der Waals surface area (Å²) < 4.78 is 0. The van der Waals surface area contributed by atoms with Gasteiger partial charge in [-0.2, -0.15) is 0 Å². The normalized spacial score (nSPS) is 17.8. The molecule has 20 heavy (non-hydrogen) atoms. The fourth-order valence-electron chi connectivity index (χ4n) is 2.40. The average Bonchev–Trinajstić information content (AvgIpc) is 2.84. The minimum atomic E-state index is -0.703. The molecule has 1 aliphatic heterocycles. The van der Waals surface area contributed by atoms with Crippen molar-refractivity contribution in [3.8, 4) is 0 Å². The summed E-state index contributed by atoms with van der Waals surface area (Å²) in [6, 6.07) is 7.12. The summed E-state index contributed by atoms with van der Waals surface area (Å²) in [6.07, 6.45) is 0.542. The van der Waals surface area contributed by atoms with Gasteiger partial charge in [0.05, 0.1) is 5.41 Å². The maximum Gasteiger partial charge on any atom is 0.243 e. The molecule has 2 amide bonds. The largest absolute Gasteiger partial charge is 0.357 e. The molecule has 2 rings (SSSR count). The summed E-state index contributed by atoms with van der Waals surface area (Å²) in [7, 11) is 1.58. The highest BCUT2D eigenvalue weighted by molar-refractivity contribution is 6.21. The quantitative estimate of drug-likeness (QED) is 0.866. The molecule has 5 heteroatoms. The first kappa shape index (κ1) is 14.9. The first-order valence-electron chi connectivity index (χ1n) is 6.61. The number of amides is 2. The molecule has 0 aromatic heterocycles. The van der Waals surface area contributed by atoms with Gasteiger partial charge in [-0.05, 0) is 25.5 Å². The van der Waals surface area contributed by atoms with Gasteiger partial charge in [-0.25, -0.2) is 0 Å². The van der Waals surface area contributed by atoms with Crippen LogP contribution in [0.15, 0.2) is 24.3 Å². The average molecular weight is 295 g/mol. The van der Waals surface area contributed by atoms with Gasteiger partial charge in [0, 0.05) is 25.0 Å². The van der Waals surface area contributed by atoms with E-state index in [-0.39, 0.29) is 17.7 Å². The second-order valence-electron chi connectivity index (χ2n) is 5.66. The lowest BCUT2D eigenvalue weighted by atomic mass is 9.93. The number of likely N-dealkylation sites (N-methyl/N-ethyl adjacent to an activating group) is 1. The molecule has 1 aromatic rings. The standard InChI is InChI=1S/C15H19ClN2O2/c1-15(2,9-16)14(20)18-11-7-5-4-6-10(11)8-12(18)13(19)17-3/h4-7,12H,8-9H2,1-3H3,(H,17,19). The highest BCUT2D eigenvalue weighted by Gasteiger charge is 2.42. The summed E-state index contributed by atoms with van der Waals surface area (Å²) in [5.41, 5.74) is 1.12. The first-order valence-corrected chi connectivity index (χ1v) is 7.15. The second-order valence-corrected chi connectivity index (χ2v) is 5.92. The van der Waals surface area contributed by atoms with E-state index < -0.39 is 11.5 Å². The molecule has 0 saturated carbocycles. The number of carbonyl (C=O) groups excluding carboxylic acids is 2. The number of para-hydroxylation sites is 1. The third kappa shape index (κ3) is 2.40. The molecule has 1 N–H and O–H groups in total. The van der Waals surface area contributed by atoms with E-state index in [1.165, 1.54) is 0 Å². The molecule has 0 radical (unpaired) electrons. The van der Waals surface area contributed by atoms with Crippen LogP contribution >= 0.6 is 11.6 Å². The summed E-state index contributed by atoms with van der Waals surface area (Å²) in [6.45, 7) is 3.59. The maximum absolute atomic E-state index is 12.8. The Balaban J connectivity index is 2.44. The van der Waals surface area contributed by atoms with Gasteiger partial charge in [0.1, 0.15) is 6.04 Å². The highest BCUT2D eigenvalue weighted by atomic mass is 35.5. The molecule has 1 aromatic carbocycles. The van der Waals surface area contributed by atoms with Crippen molar-refractivity contribution in [3.63, 3.8) is 0 Å². The molecular formula is C15H19ClN2O2. The number of nitrogens with one attached hydrogen (secondary N) is 1. The van der Waals surface area contributed by atoms with Gasteiger partial charge in [0.15, 0.2) is 0 Å². The number of nitrogens with zero attached hydrogens (tertiary/aromatic N) is 1. The van der Waals surface area contributed by atoms with Gasteiger partial charge in [-0.1, -0.05) is 18.2 Å². The number of carbonyl (C=O) groups is 2. The Kier molecular flexibility index (Phi) is 4.04. The number of hydrogen-bond acceptors (Lipinski definition) is 2. The molecule has 1 atom stereocenters. The molecule has 1 aliphatic rings. The third-order valence-corrected chi connectivity index (χ3v) is 4.33. The molecule has 0 spiro atoms. The van der Waals surface area contributed by atoms with E-state index in [4.69, 9.17) is 11.6 Å². The molecule has 1 heterocycles. The van der Waals surface area contributed by atoms with Crippen LogP contribution in [0.25, 0.3) is 0 Å². The van der Waals surface area contributed by atoms with E-state index in [1.54, 1.807) is 25.8 Å². The Bertz CT molecular complexity index is 542. The lowest BCUT2D eigenvalue weighted by Crippen LogP contribution is -2.51. The van der Waals surface area contributed by atoms with Crippen LogP contribution in [0.5, 0.6) is 0 Å². The lowest BCUT2D eigenvalue weighted by Gasteiger charge is -2.31. The van der Waals surface area contributed by atoms with Gasteiger partial charge < -0.3 is 5.32 Å². The Morgan fingerprint density at radius 2 is 2.05 bits per heavy atom. The fraction of sp³-hybridized carbons (Fsp3) is 0.467. The molecule has 0 aliphatic carbocycles. The third-order valence-electron chi connectivity index (χ3n) is 3.66. The van der Waals surface area contributed by atoms with Crippen LogP contribution in [-0.4, -0.2) is 30.8 Å². The first-order chi connectivity index (χ1) is 9.42. The molecule has 0 fully saturated rings. The molecular weight excluding hydrogens is 276 g/mol. The van der Waals surface area contributed by atoms with E-state index in [0.29, 0.717) is 6.42 Å². The minimum absolute atomic E-state index is 0.119. The van der Waals surface area contributed by atoms with Crippen molar-refractivity contribution in [1.29, 1.82) is 0 Å². The topological polar surface area (TPSA) is 49.4 Å². The maximum atomic E-state index is 12.8. The number of alkyl halides is 1. The number of fused-ring (bicyclic) bond motifs is 1. The van der Waals surface area contributed by atoms with E-state index >= 15 is 0 Å². The van der Waals surface area contributed by atoms with Gasteiger partial charge in [0.2, 0.25) is 11.8 Å². The summed E-state index contributed by atoms with van der Waals surface area (Å²) in [5, 5.41) is 2.63. The Labute approximate surface area is 124 Å². The number of hydrogen-bond donors (Lipinski definition) is 1. The molecule has 1 unspecified atom stereocenters. The second kappa shape index (κ2) is 5.44. The fourth-order valence-corrected chi connectivity index (χ4v) is 2.51. The smallest absolute Gasteiger partial charge is 0.243 e. The van der Waals surface area contributed by atoms with Crippen molar-refractivity contribution in [2.45, 2.75) is 26.3 Å². The van der Waals surface area contributed by atoms with Crippen molar-refractivity contribution in [2.75, 3.05) is 17.8 Å². The Hall–Kier alpha value is -1.55. The summed E-state index contributed by atoms with van der Waals surface area (Å²) >= 11 is 5.91. The molecule has 4 nitrogen and oxygen atoms in total. The number of rotatable bonds is 3. The lowest BCUT2D eigenvalue weighted by molar-refractivity contribution is -0.129. The highest BCUT2D eigenvalue weighted by Crippen LogP contribution is 2.36. The van der Waals surface area contributed by atoms with Crippen LogP contribution in [0, 0.1) is 5.41 Å². The van der Waals surface area contributed by atoms with Crippen LogP contribution in [0.3, 0.4) is 0 Å². The zero-order valence-electron chi connectivity index (χ0n) is 11.9. The van der Waals surface area contributed by atoms with Gasteiger partial charge in [-0.3, -0.25) is 14.5 Å². The van der Waals surface area contributed by atoms with Crippen LogP contribution in [0.2, 0.25) is 0 Å². The van der Waals surface area contributed by atoms with Crippen LogP contribution in [0.1, 0.15) is 19.4 Å². The van der Waals surface area contributed by atoms with Crippen LogP contribution in [-0.2, 0) is 16.0 Å². The number of halogens is 1. The number of anilines is 1. The summed E-state index contributed by atoms with van der Waals surface area (Å²) in [5.74, 6) is -0.0590. The van der Waals surface area contributed by atoms with Gasteiger partial charge in [-0.15, -0.1) is 11.6 Å². The van der Waals surface area contributed by atoms with Gasteiger partial charge in [0.25, 0.3) is 0 Å². The predicted octanol–water partition coefficient (Wildman–Crippen LogP) is 1.96. The van der Waals surface area contributed by atoms with E-state index in [9.17, 15) is 9.59 Å². The zero-order chi connectivity index (χ0) is 14.9. The van der Waals surface area contributed by atoms with Gasteiger partial charge >= 0.3 is 0 Å². The number of benzene rings is 1. The SMILES string of the molecule is CNC(=O)C1Cc2ccccc2N1C(=O)C(C)(C)CCl. The van der Waals surface area contributed by atoms with Crippen molar-refractivity contribution in [2.24, 2.45) is 5.41 Å². The van der Waals surface area contributed by atoms with Crippen molar-refractivity contribution < 1.29 is 9.59 Å². The van der Waals surface area contributed by atoms with Crippen molar-refractivity contribution >= 4 is 29.1 Å². The molecule has 0 saturated heterocycles. The summed E-state index contributed by atoms with van der Waals surface area (Å²) in [4.78, 5) is 26.4. The van der Waals surface area contributed by atoms with Crippen molar-refractivity contribution in [1.82, 2.24) is 5.32 Å². The Morgan fingerprint density at radius 3 is 2.65 bits per heavy atom. The van der Waals surface area contributed by atoms with E-state index in [2.05, 4.69) is 5.32 Å². The van der Waals surface area contributed by atoms with Crippen LogP contribution in [0.4, 0.5) is 5.69 Å². The van der Waals surface area contributed by atoms with Crippen LogP contribution < -0.4 is 10.2 Å². The van der Waals surface area contributed by atoms with E-state index in [0.717, 1.165) is 11.3 Å². The monoisotopic (exact) mass is 294 g/mol. The Morgan fingerprint density at radius 1 is 1.40 bits per heavy atom. The molecule has 108 valence electrons. The zero-order valence-corrected chi connectivity index (χ0v) is 12.7. The molecule has 0 bridgehead atoms. The van der Waals surface area contributed by atoms with Crippen molar-refractivity contribution in [3.05, 3.63) is 29.8 Å².